The molecule has 30 heavy (non-hydrogen) atoms. The van der Waals surface area contributed by atoms with Crippen molar-refractivity contribution in [3.05, 3.63) is 91.1 Å². The summed E-state index contributed by atoms with van der Waals surface area (Å²) in [4.78, 5) is 17.2. The largest absolute Gasteiger partial charge is 0.497 e. The number of methoxy groups -OCH3 is 1. The summed E-state index contributed by atoms with van der Waals surface area (Å²) in [6.07, 6.45) is 1.99. The van der Waals surface area contributed by atoms with Crippen LogP contribution in [0.1, 0.15) is 0 Å². The van der Waals surface area contributed by atoms with Crippen molar-refractivity contribution < 1.29 is 9.53 Å². The van der Waals surface area contributed by atoms with Crippen LogP contribution in [0.25, 0.3) is 16.9 Å². The van der Waals surface area contributed by atoms with E-state index in [1.54, 1.807) is 7.11 Å². The van der Waals surface area contributed by atoms with Gasteiger partial charge in [-0.3, -0.25) is 9.36 Å². The van der Waals surface area contributed by atoms with E-state index in [4.69, 9.17) is 9.72 Å². The summed E-state index contributed by atoms with van der Waals surface area (Å²) in [5, 5.41) is 3.66. The molecule has 0 atom stereocenters. The normalized spacial score (nSPS) is 10.6. The van der Waals surface area contributed by atoms with E-state index in [2.05, 4.69) is 5.32 Å². The average Bonchev–Trinajstić information content (AvgIpc) is 3.23. The molecule has 0 spiro atoms. The molecular formula is C24H21N3O2S. The maximum absolute atomic E-state index is 12.4. The molecule has 0 saturated carbocycles. The van der Waals surface area contributed by atoms with Crippen LogP contribution >= 0.6 is 11.8 Å². The third-order valence-corrected chi connectivity index (χ3v) is 5.44. The van der Waals surface area contributed by atoms with Crippen molar-refractivity contribution in [1.29, 1.82) is 0 Å². The first-order chi connectivity index (χ1) is 14.7. The molecule has 1 amide bonds. The lowest BCUT2D eigenvalue weighted by Crippen LogP contribution is -2.14. The highest BCUT2D eigenvalue weighted by molar-refractivity contribution is 7.99. The topological polar surface area (TPSA) is 56.2 Å². The minimum absolute atomic E-state index is 0.0725. The number of carbonyl (C=O) groups is 1. The summed E-state index contributed by atoms with van der Waals surface area (Å²) >= 11 is 1.40. The molecule has 5 nitrogen and oxygen atoms in total. The molecule has 0 saturated heterocycles. The number of amides is 1. The number of hydrogen-bond donors (Lipinski definition) is 1. The van der Waals surface area contributed by atoms with E-state index in [0.717, 1.165) is 33.5 Å². The highest BCUT2D eigenvalue weighted by atomic mass is 32.2. The van der Waals surface area contributed by atoms with Crippen LogP contribution < -0.4 is 10.1 Å². The zero-order chi connectivity index (χ0) is 20.8. The van der Waals surface area contributed by atoms with Gasteiger partial charge in [0.2, 0.25) is 5.91 Å². The second-order valence-electron chi connectivity index (χ2n) is 6.55. The quantitative estimate of drug-likeness (QED) is 0.417. The Morgan fingerprint density at radius 2 is 1.63 bits per heavy atom. The lowest BCUT2D eigenvalue weighted by molar-refractivity contribution is -0.113. The summed E-state index contributed by atoms with van der Waals surface area (Å²) in [6.45, 7) is 0. The Hall–Kier alpha value is -3.51. The minimum atomic E-state index is -0.0725. The van der Waals surface area contributed by atoms with Gasteiger partial charge in [-0.2, -0.15) is 0 Å². The van der Waals surface area contributed by atoms with Gasteiger partial charge in [0.25, 0.3) is 0 Å². The van der Waals surface area contributed by atoms with Crippen molar-refractivity contribution in [2.75, 3.05) is 18.2 Å². The molecule has 1 heterocycles. The lowest BCUT2D eigenvalue weighted by Gasteiger charge is -2.08. The van der Waals surface area contributed by atoms with Gasteiger partial charge in [-0.25, -0.2) is 4.98 Å². The van der Waals surface area contributed by atoms with Crippen LogP contribution in [0.3, 0.4) is 0 Å². The first-order valence-corrected chi connectivity index (χ1v) is 10.5. The third kappa shape index (κ3) is 4.72. The van der Waals surface area contributed by atoms with Gasteiger partial charge in [-0.05, 0) is 36.4 Å². The van der Waals surface area contributed by atoms with Crippen LogP contribution in [-0.4, -0.2) is 28.3 Å². The standard InChI is InChI=1S/C24H21N3O2S/c1-29-21-14-12-20(13-15-21)27-16-22(18-8-4-2-5-9-18)26-24(27)30-17-23(28)25-19-10-6-3-7-11-19/h2-16H,17H2,1H3,(H,25,28). The van der Waals surface area contributed by atoms with Crippen molar-refractivity contribution >= 4 is 23.4 Å². The second kappa shape index (κ2) is 9.33. The number of benzene rings is 3. The third-order valence-electron chi connectivity index (χ3n) is 4.48. The number of nitrogens with zero attached hydrogens (tertiary/aromatic N) is 2. The fourth-order valence-corrected chi connectivity index (χ4v) is 3.78. The van der Waals surface area contributed by atoms with Gasteiger partial charge in [0, 0.05) is 23.1 Å². The summed E-state index contributed by atoms with van der Waals surface area (Å²) < 4.78 is 7.26. The molecule has 3 aromatic carbocycles. The molecule has 0 aliphatic carbocycles. The molecule has 0 radical (unpaired) electrons. The molecule has 4 aromatic rings. The zero-order valence-corrected chi connectivity index (χ0v) is 17.3. The maximum Gasteiger partial charge on any atom is 0.234 e. The van der Waals surface area contributed by atoms with Gasteiger partial charge in [-0.15, -0.1) is 0 Å². The number of nitrogens with one attached hydrogen (secondary N) is 1. The molecule has 1 aromatic heterocycles. The molecular weight excluding hydrogens is 394 g/mol. The van der Waals surface area contributed by atoms with Crippen molar-refractivity contribution in [3.63, 3.8) is 0 Å². The summed E-state index contributed by atoms with van der Waals surface area (Å²) in [5.74, 6) is 0.978. The molecule has 6 heteroatoms. The number of carbonyl (C=O) groups excluding carboxylic acids is 1. The maximum atomic E-state index is 12.4. The van der Waals surface area contributed by atoms with E-state index in [9.17, 15) is 4.79 Å². The summed E-state index contributed by atoms with van der Waals surface area (Å²) in [7, 11) is 1.65. The van der Waals surface area contributed by atoms with E-state index in [-0.39, 0.29) is 11.7 Å². The molecule has 0 unspecified atom stereocenters. The van der Waals surface area contributed by atoms with E-state index in [1.165, 1.54) is 11.8 Å². The van der Waals surface area contributed by atoms with Gasteiger partial charge in [0.05, 0.1) is 18.6 Å². The lowest BCUT2D eigenvalue weighted by atomic mass is 10.2. The summed E-state index contributed by atoms with van der Waals surface area (Å²) in [5.41, 5.74) is 3.63. The molecule has 0 bridgehead atoms. The predicted molar refractivity (Wildman–Crippen MR) is 121 cm³/mol. The summed E-state index contributed by atoms with van der Waals surface area (Å²) in [6, 6.07) is 27.2. The number of anilines is 1. The Labute approximate surface area is 179 Å². The zero-order valence-electron chi connectivity index (χ0n) is 16.5. The number of para-hydroxylation sites is 1. The molecule has 0 fully saturated rings. The first-order valence-electron chi connectivity index (χ1n) is 9.50. The van der Waals surface area contributed by atoms with Crippen LogP contribution in [0.15, 0.2) is 96.3 Å². The number of hydrogen-bond acceptors (Lipinski definition) is 4. The highest BCUT2D eigenvalue weighted by Gasteiger charge is 2.14. The SMILES string of the molecule is COc1ccc(-n2cc(-c3ccccc3)nc2SCC(=O)Nc2ccccc2)cc1. The number of imidazole rings is 1. The smallest absolute Gasteiger partial charge is 0.234 e. The fourth-order valence-electron chi connectivity index (χ4n) is 2.99. The molecule has 0 aliphatic heterocycles. The fraction of sp³-hybridized carbons (Fsp3) is 0.0833. The van der Waals surface area contributed by atoms with Crippen LogP contribution in [0.5, 0.6) is 5.75 Å². The van der Waals surface area contributed by atoms with Crippen LogP contribution in [0, 0.1) is 0 Å². The van der Waals surface area contributed by atoms with E-state index >= 15 is 0 Å². The van der Waals surface area contributed by atoms with Crippen LogP contribution in [0.2, 0.25) is 0 Å². The molecule has 150 valence electrons. The van der Waals surface area contributed by atoms with Crippen molar-refractivity contribution in [3.8, 4) is 22.7 Å². The highest BCUT2D eigenvalue weighted by Crippen LogP contribution is 2.28. The Kier molecular flexibility index (Phi) is 6.15. The Morgan fingerprint density at radius 3 is 2.30 bits per heavy atom. The predicted octanol–water partition coefficient (Wildman–Crippen LogP) is 5.28. The minimum Gasteiger partial charge on any atom is -0.497 e. The Morgan fingerprint density at radius 1 is 0.967 bits per heavy atom. The molecule has 1 N–H and O–H groups in total. The Bertz CT molecular complexity index is 1110. The van der Waals surface area contributed by atoms with Crippen LogP contribution in [0.4, 0.5) is 5.69 Å². The van der Waals surface area contributed by atoms with Gasteiger partial charge in [0.1, 0.15) is 5.75 Å². The number of thioether (sulfide) groups is 1. The van der Waals surface area contributed by atoms with E-state index < -0.39 is 0 Å². The first kappa shape index (κ1) is 19.8. The van der Waals surface area contributed by atoms with Gasteiger partial charge in [-0.1, -0.05) is 60.3 Å². The van der Waals surface area contributed by atoms with Crippen molar-refractivity contribution in [1.82, 2.24) is 9.55 Å². The average molecular weight is 416 g/mol. The molecule has 4 rings (SSSR count). The molecule has 0 aliphatic rings. The van der Waals surface area contributed by atoms with Crippen molar-refractivity contribution in [2.45, 2.75) is 5.16 Å². The van der Waals surface area contributed by atoms with Gasteiger partial charge >= 0.3 is 0 Å². The van der Waals surface area contributed by atoms with Gasteiger partial charge < -0.3 is 10.1 Å². The van der Waals surface area contributed by atoms with Crippen LogP contribution in [-0.2, 0) is 4.79 Å². The van der Waals surface area contributed by atoms with E-state index in [1.807, 2.05) is 95.7 Å². The number of aromatic nitrogens is 2. The second-order valence-corrected chi connectivity index (χ2v) is 7.49. The van der Waals surface area contributed by atoms with Gasteiger partial charge in [0.15, 0.2) is 5.16 Å². The number of rotatable bonds is 7. The monoisotopic (exact) mass is 415 g/mol. The van der Waals surface area contributed by atoms with E-state index in [0.29, 0.717) is 0 Å². The Balaban J connectivity index is 1.58. The van der Waals surface area contributed by atoms with Crippen molar-refractivity contribution in [2.24, 2.45) is 0 Å². The number of ether oxygens (including phenoxy) is 1.